The zero-order valence-electron chi connectivity index (χ0n) is 14.7. The molecule has 2 rings (SSSR count). The summed E-state index contributed by atoms with van der Waals surface area (Å²) in [6, 6.07) is 12.1. The van der Waals surface area contributed by atoms with Gasteiger partial charge in [0.25, 0.3) is 0 Å². The van der Waals surface area contributed by atoms with Crippen molar-refractivity contribution >= 4 is 40.7 Å². The van der Waals surface area contributed by atoms with Gasteiger partial charge in [-0.1, -0.05) is 41.4 Å². The number of ether oxygens (including phenoxy) is 1. The summed E-state index contributed by atoms with van der Waals surface area (Å²) in [6.07, 6.45) is 0. The van der Waals surface area contributed by atoms with Crippen LogP contribution in [0.2, 0.25) is 10.0 Å². The summed E-state index contributed by atoms with van der Waals surface area (Å²) in [5.74, 6) is -0.180. The summed E-state index contributed by atoms with van der Waals surface area (Å²) in [7, 11) is 1.56. The number of anilines is 1. The van der Waals surface area contributed by atoms with Crippen molar-refractivity contribution in [2.75, 3.05) is 12.4 Å². The molecule has 0 aliphatic heterocycles. The number of halogens is 2. The molecule has 0 saturated heterocycles. The second kappa shape index (κ2) is 8.43. The standard InChI is InChI=1S/C19H20Cl2N2O3/c1-19(2,18(25)23-13-8-9-14(20)15(21)10-13)17(24)22-11-12-6-4-5-7-16(12)26-3/h4-10H,11H2,1-3H3,(H,22,24)(H,23,25). The highest BCUT2D eigenvalue weighted by Gasteiger charge is 2.36. The highest BCUT2D eigenvalue weighted by atomic mass is 35.5. The Balaban J connectivity index is 2.03. The maximum absolute atomic E-state index is 12.5. The van der Waals surface area contributed by atoms with Crippen molar-refractivity contribution in [3.8, 4) is 5.75 Å². The Hall–Kier alpha value is -2.24. The fourth-order valence-electron chi connectivity index (χ4n) is 2.21. The molecule has 138 valence electrons. The fourth-order valence-corrected chi connectivity index (χ4v) is 2.51. The first-order chi connectivity index (χ1) is 12.3. The van der Waals surface area contributed by atoms with Crippen molar-refractivity contribution in [1.82, 2.24) is 5.32 Å². The molecule has 0 bridgehead atoms. The molecule has 0 saturated carbocycles. The zero-order chi connectivity index (χ0) is 19.3. The van der Waals surface area contributed by atoms with Crippen molar-refractivity contribution in [3.05, 3.63) is 58.1 Å². The van der Waals surface area contributed by atoms with Gasteiger partial charge >= 0.3 is 0 Å². The second-order valence-electron chi connectivity index (χ2n) is 6.20. The number of methoxy groups -OCH3 is 1. The minimum Gasteiger partial charge on any atom is -0.496 e. The molecule has 0 aliphatic carbocycles. The Morgan fingerprint density at radius 2 is 1.73 bits per heavy atom. The van der Waals surface area contributed by atoms with Crippen molar-refractivity contribution < 1.29 is 14.3 Å². The number of carbonyl (C=O) groups is 2. The molecule has 2 aromatic carbocycles. The van der Waals surface area contributed by atoms with Crippen molar-refractivity contribution in [2.45, 2.75) is 20.4 Å². The Kier molecular flexibility index (Phi) is 6.51. The monoisotopic (exact) mass is 394 g/mol. The van der Waals surface area contributed by atoms with Crippen LogP contribution in [0.25, 0.3) is 0 Å². The summed E-state index contributed by atoms with van der Waals surface area (Å²) in [6.45, 7) is 3.36. The molecule has 0 aliphatic rings. The van der Waals surface area contributed by atoms with Gasteiger partial charge in [-0.15, -0.1) is 0 Å². The number of rotatable bonds is 6. The minimum atomic E-state index is -1.28. The summed E-state index contributed by atoms with van der Waals surface area (Å²) in [5.41, 5.74) is 0.00718. The lowest BCUT2D eigenvalue weighted by Gasteiger charge is -2.23. The third kappa shape index (κ3) is 4.68. The predicted molar refractivity (Wildman–Crippen MR) is 104 cm³/mol. The molecule has 0 spiro atoms. The number of hydrogen-bond donors (Lipinski definition) is 2. The number of nitrogens with one attached hydrogen (secondary N) is 2. The van der Waals surface area contributed by atoms with Crippen LogP contribution in [0.4, 0.5) is 5.69 Å². The number of hydrogen-bond acceptors (Lipinski definition) is 3. The Bertz CT molecular complexity index is 822. The number of carbonyl (C=O) groups excluding carboxylic acids is 2. The van der Waals surface area contributed by atoms with Gasteiger partial charge < -0.3 is 15.4 Å². The molecule has 2 amide bonds. The molecule has 0 atom stereocenters. The van der Waals surface area contributed by atoms with E-state index in [0.717, 1.165) is 5.56 Å². The molecule has 0 aromatic heterocycles. The molecular weight excluding hydrogens is 375 g/mol. The Morgan fingerprint density at radius 3 is 2.38 bits per heavy atom. The number of benzene rings is 2. The van der Waals surface area contributed by atoms with Gasteiger partial charge in [0, 0.05) is 17.8 Å². The lowest BCUT2D eigenvalue weighted by Crippen LogP contribution is -2.44. The second-order valence-corrected chi connectivity index (χ2v) is 7.02. The summed E-state index contributed by atoms with van der Waals surface area (Å²) >= 11 is 11.8. The first-order valence-electron chi connectivity index (χ1n) is 7.92. The van der Waals surface area contributed by atoms with Crippen LogP contribution in [-0.4, -0.2) is 18.9 Å². The van der Waals surface area contributed by atoms with Crippen LogP contribution in [-0.2, 0) is 16.1 Å². The van der Waals surface area contributed by atoms with E-state index in [0.29, 0.717) is 21.5 Å². The molecule has 0 heterocycles. The summed E-state index contributed by atoms with van der Waals surface area (Å²) in [5, 5.41) is 6.17. The Morgan fingerprint density at radius 1 is 1.04 bits per heavy atom. The van der Waals surface area contributed by atoms with E-state index in [1.54, 1.807) is 33.1 Å². The van der Waals surface area contributed by atoms with Gasteiger partial charge in [0.15, 0.2) is 0 Å². The minimum absolute atomic E-state index is 0.256. The third-order valence-corrected chi connectivity index (χ3v) is 4.68. The van der Waals surface area contributed by atoms with Gasteiger partial charge in [-0.05, 0) is 38.1 Å². The van der Waals surface area contributed by atoms with Crippen molar-refractivity contribution in [3.63, 3.8) is 0 Å². The van der Waals surface area contributed by atoms with Gasteiger partial charge in [0.05, 0.1) is 17.2 Å². The van der Waals surface area contributed by atoms with Crippen LogP contribution in [0.15, 0.2) is 42.5 Å². The molecule has 2 aromatic rings. The molecule has 2 N–H and O–H groups in total. The van der Waals surface area contributed by atoms with E-state index in [4.69, 9.17) is 27.9 Å². The lowest BCUT2D eigenvalue weighted by atomic mass is 9.90. The van der Waals surface area contributed by atoms with Crippen LogP contribution in [0.3, 0.4) is 0 Å². The highest BCUT2D eigenvalue weighted by molar-refractivity contribution is 6.42. The smallest absolute Gasteiger partial charge is 0.239 e. The first-order valence-corrected chi connectivity index (χ1v) is 8.68. The van der Waals surface area contributed by atoms with E-state index < -0.39 is 17.2 Å². The van der Waals surface area contributed by atoms with Crippen molar-refractivity contribution in [2.24, 2.45) is 5.41 Å². The quantitative estimate of drug-likeness (QED) is 0.718. The van der Waals surface area contributed by atoms with Crippen LogP contribution < -0.4 is 15.4 Å². The summed E-state index contributed by atoms with van der Waals surface area (Å²) in [4.78, 5) is 25.1. The van der Waals surface area contributed by atoms with E-state index in [-0.39, 0.29) is 6.54 Å². The van der Waals surface area contributed by atoms with Crippen molar-refractivity contribution in [1.29, 1.82) is 0 Å². The fraction of sp³-hybridized carbons (Fsp3) is 0.263. The maximum Gasteiger partial charge on any atom is 0.239 e. The molecule has 0 radical (unpaired) electrons. The summed E-state index contributed by atoms with van der Waals surface area (Å²) < 4.78 is 5.26. The SMILES string of the molecule is COc1ccccc1CNC(=O)C(C)(C)C(=O)Nc1ccc(Cl)c(Cl)c1. The maximum atomic E-state index is 12.5. The normalized spacial score (nSPS) is 11.0. The predicted octanol–water partition coefficient (Wildman–Crippen LogP) is 4.28. The average molecular weight is 395 g/mol. The zero-order valence-corrected chi connectivity index (χ0v) is 16.2. The van der Waals surface area contributed by atoms with Crippen LogP contribution in [0.5, 0.6) is 5.75 Å². The van der Waals surface area contributed by atoms with Gasteiger partial charge in [-0.3, -0.25) is 9.59 Å². The lowest BCUT2D eigenvalue weighted by molar-refractivity contribution is -0.138. The highest BCUT2D eigenvalue weighted by Crippen LogP contribution is 2.27. The van der Waals surface area contributed by atoms with E-state index in [2.05, 4.69) is 10.6 Å². The van der Waals surface area contributed by atoms with Gasteiger partial charge in [0.2, 0.25) is 11.8 Å². The van der Waals surface area contributed by atoms with Crippen LogP contribution in [0.1, 0.15) is 19.4 Å². The molecule has 0 fully saturated rings. The molecule has 5 nitrogen and oxygen atoms in total. The molecule has 26 heavy (non-hydrogen) atoms. The molecular formula is C19H20Cl2N2O3. The molecule has 0 unspecified atom stereocenters. The van der Waals surface area contributed by atoms with Gasteiger partial charge in [-0.2, -0.15) is 0 Å². The number of para-hydroxylation sites is 1. The van der Waals surface area contributed by atoms with E-state index in [1.807, 2.05) is 24.3 Å². The first kappa shape index (κ1) is 20.1. The van der Waals surface area contributed by atoms with Gasteiger partial charge in [0.1, 0.15) is 11.2 Å². The topological polar surface area (TPSA) is 67.4 Å². The Labute approximate surface area is 162 Å². The molecule has 7 heteroatoms. The van der Waals surface area contributed by atoms with Crippen LogP contribution in [0, 0.1) is 5.41 Å². The van der Waals surface area contributed by atoms with E-state index in [9.17, 15) is 9.59 Å². The van der Waals surface area contributed by atoms with Crippen LogP contribution >= 0.6 is 23.2 Å². The van der Waals surface area contributed by atoms with Gasteiger partial charge in [-0.25, -0.2) is 0 Å². The van der Waals surface area contributed by atoms with E-state index >= 15 is 0 Å². The third-order valence-electron chi connectivity index (χ3n) is 3.94. The van der Waals surface area contributed by atoms with E-state index in [1.165, 1.54) is 6.07 Å². The number of amides is 2. The average Bonchev–Trinajstić information content (AvgIpc) is 2.62. The largest absolute Gasteiger partial charge is 0.496 e.